The minimum atomic E-state index is -4.83. The first kappa shape index (κ1) is 17.8. The van der Waals surface area contributed by atoms with E-state index in [2.05, 4.69) is 0 Å². The molecule has 1 aromatic carbocycles. The van der Waals surface area contributed by atoms with Gasteiger partial charge in [0.2, 0.25) is 0 Å². The van der Waals surface area contributed by atoms with Crippen LogP contribution in [-0.4, -0.2) is 15.7 Å². The summed E-state index contributed by atoms with van der Waals surface area (Å²) in [6, 6.07) is 1.42. The molecule has 21 heavy (non-hydrogen) atoms. The normalized spacial score (nSPS) is 14.1. The van der Waals surface area contributed by atoms with Gasteiger partial charge in [0.25, 0.3) is 0 Å². The van der Waals surface area contributed by atoms with Crippen LogP contribution in [0.2, 0.25) is 0 Å². The van der Waals surface area contributed by atoms with Crippen molar-refractivity contribution < 1.29 is 26.6 Å². The summed E-state index contributed by atoms with van der Waals surface area (Å²) < 4.78 is 64.9. The van der Waals surface area contributed by atoms with Gasteiger partial charge in [0, 0.05) is 11.2 Å². The molecule has 0 bridgehead atoms. The Labute approximate surface area is 123 Å². The van der Waals surface area contributed by atoms with E-state index in [0.717, 1.165) is 6.07 Å². The maximum atomic E-state index is 14.4. The molecule has 0 spiro atoms. The summed E-state index contributed by atoms with van der Waals surface area (Å²) in [5, 5.41) is 0. The minimum absolute atomic E-state index is 0.173. The van der Waals surface area contributed by atoms with Gasteiger partial charge in [-0.2, -0.15) is 13.2 Å². The van der Waals surface area contributed by atoms with Crippen molar-refractivity contribution in [2.75, 3.05) is 5.75 Å². The van der Waals surface area contributed by atoms with E-state index < -0.39 is 50.0 Å². The van der Waals surface area contributed by atoms with E-state index in [0.29, 0.717) is 6.07 Å². The Morgan fingerprint density at radius 3 is 2.10 bits per heavy atom. The number of rotatable bonds is 3. The summed E-state index contributed by atoms with van der Waals surface area (Å²) in [4.78, 5) is 11.1. The lowest BCUT2D eigenvalue weighted by molar-refractivity contribution is -0.140. The number of halogens is 4. The van der Waals surface area contributed by atoms with Crippen molar-refractivity contribution in [2.45, 2.75) is 38.8 Å². The summed E-state index contributed by atoms with van der Waals surface area (Å²) in [5.41, 5.74) is -2.72. The second kappa shape index (κ2) is 5.87. The summed E-state index contributed by atoms with van der Waals surface area (Å²) in [7, 11) is -2.16. The van der Waals surface area contributed by atoms with Crippen molar-refractivity contribution >= 4 is 16.6 Å². The lowest BCUT2D eigenvalue weighted by atomic mass is 9.86. The van der Waals surface area contributed by atoms with Gasteiger partial charge >= 0.3 is 6.18 Å². The largest absolute Gasteiger partial charge is 0.417 e. The molecule has 118 valence electrons. The first-order valence-electron chi connectivity index (χ1n) is 6.24. The maximum Gasteiger partial charge on any atom is 0.417 e. The Morgan fingerprint density at radius 1 is 1.19 bits per heavy atom. The zero-order valence-corrected chi connectivity index (χ0v) is 12.9. The first-order chi connectivity index (χ1) is 9.41. The highest BCUT2D eigenvalue weighted by Crippen LogP contribution is 2.37. The van der Waals surface area contributed by atoms with Crippen LogP contribution in [0.1, 0.15) is 43.6 Å². The zero-order valence-electron chi connectivity index (χ0n) is 12.1. The van der Waals surface area contributed by atoms with Gasteiger partial charge in [-0.05, 0) is 12.1 Å². The van der Waals surface area contributed by atoms with E-state index >= 15 is 0 Å². The van der Waals surface area contributed by atoms with E-state index in [9.17, 15) is 26.6 Å². The van der Waals surface area contributed by atoms with Crippen LogP contribution in [0.15, 0.2) is 17.0 Å². The van der Waals surface area contributed by atoms with Gasteiger partial charge in [-0.25, -0.2) is 4.39 Å². The Bertz CT molecular complexity index is 586. The average Bonchev–Trinajstić information content (AvgIpc) is 2.34. The Hall–Kier alpha value is -1.24. The van der Waals surface area contributed by atoms with Crippen LogP contribution in [0.25, 0.3) is 0 Å². The van der Waals surface area contributed by atoms with Crippen LogP contribution in [0, 0.1) is 11.2 Å². The number of hydrogen-bond acceptors (Lipinski definition) is 2. The molecular formula is C14H16F4O2S. The molecule has 1 atom stereocenters. The van der Waals surface area contributed by atoms with Gasteiger partial charge in [0.1, 0.15) is 0 Å². The number of alkyl halides is 3. The predicted molar refractivity (Wildman–Crippen MR) is 72.1 cm³/mol. The third-order valence-electron chi connectivity index (χ3n) is 2.82. The third-order valence-corrected chi connectivity index (χ3v) is 4.20. The average molecular weight is 324 g/mol. The molecule has 0 saturated heterocycles. The molecule has 1 rings (SSSR count). The summed E-state index contributed by atoms with van der Waals surface area (Å²) in [6.07, 6.45) is -4.83. The van der Waals surface area contributed by atoms with Crippen molar-refractivity contribution in [3.05, 3.63) is 29.1 Å². The molecule has 0 aromatic heterocycles. The van der Waals surface area contributed by atoms with Crippen molar-refractivity contribution in [1.29, 1.82) is 0 Å². The van der Waals surface area contributed by atoms with E-state index in [1.165, 1.54) is 27.7 Å². The lowest BCUT2D eigenvalue weighted by Crippen LogP contribution is -2.23. The molecule has 0 N–H and O–H groups in total. The SMILES string of the molecule is CCS(=O)c1c(C(F)(F)F)ccc(C(=O)C(C)(C)C)c1F. The second-order valence-corrected chi connectivity index (χ2v) is 7.19. The van der Waals surface area contributed by atoms with Crippen LogP contribution in [0.3, 0.4) is 0 Å². The van der Waals surface area contributed by atoms with Gasteiger partial charge in [0.05, 0.1) is 26.8 Å². The third kappa shape index (κ3) is 3.70. The quantitative estimate of drug-likeness (QED) is 0.617. The fraction of sp³-hybridized carbons (Fsp3) is 0.500. The van der Waals surface area contributed by atoms with Crippen LogP contribution < -0.4 is 0 Å². The molecule has 0 fully saturated rings. The number of ketones is 1. The number of hydrogen-bond donors (Lipinski definition) is 0. The number of carbonyl (C=O) groups is 1. The van der Waals surface area contributed by atoms with Crippen LogP contribution in [-0.2, 0) is 17.0 Å². The molecule has 0 aliphatic rings. The van der Waals surface area contributed by atoms with Gasteiger partial charge in [0.15, 0.2) is 11.6 Å². The fourth-order valence-corrected chi connectivity index (χ4v) is 2.75. The molecule has 0 aliphatic carbocycles. The van der Waals surface area contributed by atoms with Crippen molar-refractivity contribution in [1.82, 2.24) is 0 Å². The monoisotopic (exact) mass is 324 g/mol. The fourth-order valence-electron chi connectivity index (χ4n) is 1.73. The molecule has 0 radical (unpaired) electrons. The van der Waals surface area contributed by atoms with Gasteiger partial charge < -0.3 is 0 Å². The molecule has 1 aromatic rings. The van der Waals surface area contributed by atoms with E-state index in [1.54, 1.807) is 0 Å². The van der Waals surface area contributed by atoms with E-state index in [1.807, 2.05) is 0 Å². The highest BCUT2D eigenvalue weighted by molar-refractivity contribution is 7.85. The smallest absolute Gasteiger partial charge is 0.293 e. The molecule has 0 aliphatic heterocycles. The molecule has 0 saturated carbocycles. The highest BCUT2D eigenvalue weighted by Gasteiger charge is 2.38. The van der Waals surface area contributed by atoms with E-state index in [4.69, 9.17) is 0 Å². The molecule has 0 amide bonds. The molecule has 7 heteroatoms. The van der Waals surface area contributed by atoms with Gasteiger partial charge in [-0.1, -0.05) is 27.7 Å². The number of carbonyl (C=O) groups excluding carboxylic acids is 1. The van der Waals surface area contributed by atoms with E-state index in [-0.39, 0.29) is 5.75 Å². The van der Waals surface area contributed by atoms with Crippen LogP contribution >= 0.6 is 0 Å². The molecule has 0 heterocycles. The molecular weight excluding hydrogens is 308 g/mol. The minimum Gasteiger partial charge on any atom is -0.293 e. The van der Waals surface area contributed by atoms with Crippen molar-refractivity contribution in [2.24, 2.45) is 5.41 Å². The number of benzene rings is 1. The lowest BCUT2D eigenvalue weighted by Gasteiger charge is -2.20. The summed E-state index contributed by atoms with van der Waals surface area (Å²) in [6.45, 7) is 5.97. The van der Waals surface area contributed by atoms with Crippen LogP contribution in [0.4, 0.5) is 17.6 Å². The van der Waals surface area contributed by atoms with Crippen molar-refractivity contribution in [3.8, 4) is 0 Å². The zero-order chi connectivity index (χ0) is 16.6. The Balaban J connectivity index is 3.63. The predicted octanol–water partition coefficient (Wildman–Crippen LogP) is 4.20. The Morgan fingerprint density at radius 2 is 1.71 bits per heavy atom. The summed E-state index contributed by atoms with van der Waals surface area (Å²) in [5.74, 6) is -2.15. The van der Waals surface area contributed by atoms with Crippen molar-refractivity contribution in [3.63, 3.8) is 0 Å². The number of Topliss-reactive ketones (excluding diaryl/α,β-unsaturated/α-hetero) is 1. The topological polar surface area (TPSA) is 34.1 Å². The van der Waals surface area contributed by atoms with Gasteiger partial charge in [-0.15, -0.1) is 0 Å². The van der Waals surface area contributed by atoms with Gasteiger partial charge in [-0.3, -0.25) is 9.00 Å². The highest BCUT2D eigenvalue weighted by atomic mass is 32.2. The van der Waals surface area contributed by atoms with Crippen LogP contribution in [0.5, 0.6) is 0 Å². The second-order valence-electron chi connectivity index (χ2n) is 5.51. The molecule has 2 nitrogen and oxygen atoms in total. The summed E-state index contributed by atoms with van der Waals surface area (Å²) >= 11 is 0. The maximum absolute atomic E-state index is 14.4. The Kier molecular flexibility index (Phi) is 4.98. The standard InChI is InChI=1S/C14H16F4O2S/c1-5-21(20)11-9(14(16,17)18)7-6-8(10(11)15)12(19)13(2,3)4/h6-7H,5H2,1-4H3. The molecule has 1 unspecified atom stereocenters. The first-order valence-corrected chi connectivity index (χ1v) is 7.56.